The summed E-state index contributed by atoms with van der Waals surface area (Å²) in [6, 6.07) is -0.543. The van der Waals surface area contributed by atoms with Gasteiger partial charge in [0.2, 0.25) is 5.91 Å². The minimum absolute atomic E-state index is 0.00496. The molecule has 0 aliphatic heterocycles. The van der Waals surface area contributed by atoms with Gasteiger partial charge in [-0.05, 0) is 51.4 Å². The van der Waals surface area contributed by atoms with Crippen molar-refractivity contribution in [2.24, 2.45) is 0 Å². The number of nitrogens with one attached hydrogen (secondary N) is 1. The second-order valence-electron chi connectivity index (χ2n) is 20.3. The number of hydrogen-bond acceptors (Lipinski definition) is 5. The Morgan fingerprint density at radius 3 is 1.09 bits per heavy atom. The van der Waals surface area contributed by atoms with E-state index in [1.807, 2.05) is 0 Å². The standard InChI is InChI=1S/C59H115NO5/c1-3-5-7-9-11-13-15-17-18-19-23-26-29-33-37-41-45-49-53-59(64)65-54-50-46-42-38-34-30-27-24-21-20-22-25-28-32-36-40-44-48-52-58(63)60-56(55-61)57(62)51-47-43-39-35-31-16-14-12-10-8-6-4-2/h18-19,56-57,61-62H,3-17,20-55H2,1-2H3,(H,60,63)/b19-18-. The molecule has 0 aromatic rings. The van der Waals surface area contributed by atoms with Crippen molar-refractivity contribution in [3.05, 3.63) is 12.2 Å². The summed E-state index contributed by atoms with van der Waals surface area (Å²) in [4.78, 5) is 24.5. The maximum Gasteiger partial charge on any atom is 0.305 e. The van der Waals surface area contributed by atoms with E-state index < -0.39 is 12.1 Å². The fourth-order valence-electron chi connectivity index (χ4n) is 9.28. The van der Waals surface area contributed by atoms with Crippen molar-refractivity contribution in [2.45, 2.75) is 341 Å². The summed E-state index contributed by atoms with van der Waals surface area (Å²) in [6.45, 7) is 4.95. The zero-order valence-electron chi connectivity index (χ0n) is 44.0. The van der Waals surface area contributed by atoms with Gasteiger partial charge in [-0.25, -0.2) is 0 Å². The predicted octanol–water partition coefficient (Wildman–Crippen LogP) is 18.1. The van der Waals surface area contributed by atoms with E-state index in [9.17, 15) is 19.8 Å². The van der Waals surface area contributed by atoms with Gasteiger partial charge in [0.15, 0.2) is 0 Å². The van der Waals surface area contributed by atoms with E-state index in [0.29, 0.717) is 25.9 Å². The minimum atomic E-state index is -0.665. The molecule has 0 aliphatic carbocycles. The second kappa shape index (κ2) is 55.2. The fraction of sp³-hybridized carbons (Fsp3) is 0.932. The second-order valence-corrected chi connectivity index (χ2v) is 20.3. The Bertz CT molecular complexity index is 970. The summed E-state index contributed by atoms with van der Waals surface area (Å²) in [6.07, 6.45) is 64.9. The van der Waals surface area contributed by atoms with Crippen LogP contribution in [0.1, 0.15) is 328 Å². The van der Waals surface area contributed by atoms with Crippen LogP contribution < -0.4 is 5.32 Å². The van der Waals surface area contributed by atoms with Crippen molar-refractivity contribution < 1.29 is 24.5 Å². The first-order chi connectivity index (χ1) is 32.0. The van der Waals surface area contributed by atoms with Gasteiger partial charge in [0.25, 0.3) is 0 Å². The van der Waals surface area contributed by atoms with Crippen molar-refractivity contribution in [1.29, 1.82) is 0 Å². The van der Waals surface area contributed by atoms with Gasteiger partial charge in [0.1, 0.15) is 0 Å². The Morgan fingerprint density at radius 1 is 0.415 bits per heavy atom. The van der Waals surface area contributed by atoms with Crippen LogP contribution in [0.15, 0.2) is 12.2 Å². The van der Waals surface area contributed by atoms with Gasteiger partial charge >= 0.3 is 5.97 Å². The number of rotatable bonds is 55. The third-order valence-electron chi connectivity index (χ3n) is 13.8. The maximum atomic E-state index is 12.4. The van der Waals surface area contributed by atoms with Gasteiger partial charge in [-0.2, -0.15) is 0 Å². The number of carbonyl (C=O) groups is 2. The fourth-order valence-corrected chi connectivity index (χ4v) is 9.28. The van der Waals surface area contributed by atoms with E-state index in [1.165, 1.54) is 250 Å². The van der Waals surface area contributed by atoms with Crippen molar-refractivity contribution in [2.75, 3.05) is 13.2 Å². The third kappa shape index (κ3) is 51.8. The maximum absolute atomic E-state index is 12.4. The molecule has 6 nitrogen and oxygen atoms in total. The molecule has 0 saturated carbocycles. The summed E-state index contributed by atoms with van der Waals surface area (Å²) in [5.41, 5.74) is 0. The number of esters is 1. The van der Waals surface area contributed by atoms with Gasteiger partial charge in [-0.15, -0.1) is 0 Å². The molecule has 1 amide bonds. The molecule has 0 radical (unpaired) electrons. The van der Waals surface area contributed by atoms with E-state index in [-0.39, 0.29) is 18.5 Å². The molecule has 0 aromatic heterocycles. The Balaban J connectivity index is 3.37. The number of aliphatic hydroxyl groups is 2. The lowest BCUT2D eigenvalue weighted by Crippen LogP contribution is -2.45. The Hall–Kier alpha value is -1.40. The minimum Gasteiger partial charge on any atom is -0.466 e. The predicted molar refractivity (Wildman–Crippen MR) is 283 cm³/mol. The topological polar surface area (TPSA) is 95.9 Å². The summed E-state index contributed by atoms with van der Waals surface area (Å²) >= 11 is 0. The quantitative estimate of drug-likeness (QED) is 0.0321. The van der Waals surface area contributed by atoms with Crippen LogP contribution in [-0.4, -0.2) is 47.4 Å². The van der Waals surface area contributed by atoms with Crippen LogP contribution in [0.25, 0.3) is 0 Å². The summed E-state index contributed by atoms with van der Waals surface area (Å²) in [7, 11) is 0. The molecule has 0 aromatic carbocycles. The number of ether oxygens (including phenoxy) is 1. The molecular formula is C59H115NO5. The first kappa shape index (κ1) is 63.6. The van der Waals surface area contributed by atoms with Gasteiger partial charge in [-0.3, -0.25) is 9.59 Å². The third-order valence-corrected chi connectivity index (χ3v) is 13.8. The van der Waals surface area contributed by atoms with Crippen LogP contribution in [0, 0.1) is 0 Å². The molecule has 3 N–H and O–H groups in total. The van der Waals surface area contributed by atoms with Gasteiger partial charge in [0, 0.05) is 12.8 Å². The molecule has 0 aliphatic rings. The Morgan fingerprint density at radius 2 is 0.723 bits per heavy atom. The van der Waals surface area contributed by atoms with E-state index in [2.05, 4.69) is 31.3 Å². The molecule has 2 unspecified atom stereocenters. The smallest absolute Gasteiger partial charge is 0.305 e. The highest BCUT2D eigenvalue weighted by molar-refractivity contribution is 5.76. The molecule has 0 spiro atoms. The van der Waals surface area contributed by atoms with Crippen LogP contribution in [-0.2, 0) is 14.3 Å². The Labute approximate surface area is 406 Å². The van der Waals surface area contributed by atoms with E-state index >= 15 is 0 Å². The highest BCUT2D eigenvalue weighted by Gasteiger charge is 2.20. The van der Waals surface area contributed by atoms with Crippen molar-refractivity contribution in [3.63, 3.8) is 0 Å². The number of aliphatic hydroxyl groups excluding tert-OH is 2. The lowest BCUT2D eigenvalue weighted by Gasteiger charge is -2.22. The average Bonchev–Trinajstić information content (AvgIpc) is 3.31. The summed E-state index contributed by atoms with van der Waals surface area (Å²) < 4.78 is 5.49. The number of unbranched alkanes of at least 4 members (excludes halogenated alkanes) is 42. The normalized spacial score (nSPS) is 12.6. The molecule has 6 heteroatoms. The van der Waals surface area contributed by atoms with Gasteiger partial charge in [-0.1, -0.05) is 276 Å². The lowest BCUT2D eigenvalue weighted by atomic mass is 10.0. The number of hydrogen-bond donors (Lipinski definition) is 3. The first-order valence-electron chi connectivity index (χ1n) is 29.4. The van der Waals surface area contributed by atoms with Crippen molar-refractivity contribution >= 4 is 11.9 Å². The van der Waals surface area contributed by atoms with Crippen LogP contribution in [0.2, 0.25) is 0 Å². The lowest BCUT2D eigenvalue weighted by molar-refractivity contribution is -0.143. The molecule has 65 heavy (non-hydrogen) atoms. The SMILES string of the molecule is CCCCCCCCC/C=C\CCCCCCCCCC(=O)OCCCCCCCCCCCCCCCCCCCCC(=O)NC(CO)C(O)CCCCCCCCCCCCCC. The molecule has 0 heterocycles. The van der Waals surface area contributed by atoms with Crippen LogP contribution >= 0.6 is 0 Å². The van der Waals surface area contributed by atoms with Gasteiger partial charge < -0.3 is 20.3 Å². The van der Waals surface area contributed by atoms with Crippen LogP contribution in [0.4, 0.5) is 0 Å². The Kier molecular flexibility index (Phi) is 54.0. The molecule has 0 rings (SSSR count). The molecule has 386 valence electrons. The largest absolute Gasteiger partial charge is 0.466 e. The molecule has 0 bridgehead atoms. The van der Waals surface area contributed by atoms with Crippen LogP contribution in [0.3, 0.4) is 0 Å². The average molecular weight is 919 g/mol. The number of allylic oxidation sites excluding steroid dienone is 2. The van der Waals surface area contributed by atoms with Gasteiger partial charge in [0.05, 0.1) is 25.4 Å². The zero-order chi connectivity index (χ0) is 47.2. The molecule has 0 saturated heterocycles. The monoisotopic (exact) mass is 918 g/mol. The van der Waals surface area contributed by atoms with Crippen molar-refractivity contribution in [3.8, 4) is 0 Å². The van der Waals surface area contributed by atoms with E-state index in [0.717, 1.165) is 44.9 Å². The highest BCUT2D eigenvalue weighted by Crippen LogP contribution is 2.17. The molecule has 2 atom stereocenters. The summed E-state index contributed by atoms with van der Waals surface area (Å²) in [5, 5.41) is 23.2. The zero-order valence-corrected chi connectivity index (χ0v) is 44.0. The van der Waals surface area contributed by atoms with E-state index in [4.69, 9.17) is 4.74 Å². The highest BCUT2D eigenvalue weighted by atomic mass is 16.5. The number of carbonyl (C=O) groups excluding carboxylic acids is 2. The first-order valence-corrected chi connectivity index (χ1v) is 29.4. The van der Waals surface area contributed by atoms with E-state index in [1.54, 1.807) is 0 Å². The number of amides is 1. The molecule has 0 fully saturated rings. The van der Waals surface area contributed by atoms with Crippen molar-refractivity contribution in [1.82, 2.24) is 5.32 Å². The molecular weight excluding hydrogens is 803 g/mol. The van der Waals surface area contributed by atoms with Crippen LogP contribution in [0.5, 0.6) is 0 Å². The summed E-state index contributed by atoms with van der Waals surface area (Å²) in [5.74, 6) is -0.0333.